The minimum absolute atomic E-state index is 0.447. The summed E-state index contributed by atoms with van der Waals surface area (Å²) < 4.78 is 26.2. The van der Waals surface area contributed by atoms with E-state index in [4.69, 9.17) is 0 Å². The highest BCUT2D eigenvalue weighted by Gasteiger charge is 2.10. The highest BCUT2D eigenvalue weighted by Crippen LogP contribution is 2.16. The molecule has 0 saturated carbocycles. The van der Waals surface area contributed by atoms with Crippen molar-refractivity contribution in [2.45, 2.75) is 39.5 Å². The van der Waals surface area contributed by atoms with Crippen molar-refractivity contribution in [1.82, 2.24) is 5.32 Å². The Labute approximate surface area is 109 Å². The van der Waals surface area contributed by atoms with Crippen LogP contribution < -0.4 is 5.32 Å². The van der Waals surface area contributed by atoms with Crippen LogP contribution in [0.3, 0.4) is 0 Å². The fourth-order valence-corrected chi connectivity index (χ4v) is 2.23. The zero-order valence-corrected chi connectivity index (χ0v) is 11.3. The van der Waals surface area contributed by atoms with Crippen molar-refractivity contribution in [2.24, 2.45) is 5.92 Å². The molecule has 0 radical (unpaired) electrons. The van der Waals surface area contributed by atoms with Gasteiger partial charge in [-0.05, 0) is 56.0 Å². The Hall–Kier alpha value is -0.960. The molecule has 0 bridgehead atoms. The van der Waals surface area contributed by atoms with Crippen molar-refractivity contribution in [3.8, 4) is 0 Å². The molecule has 1 aromatic rings. The zero-order chi connectivity index (χ0) is 13.4. The van der Waals surface area contributed by atoms with Gasteiger partial charge < -0.3 is 5.32 Å². The van der Waals surface area contributed by atoms with Crippen LogP contribution >= 0.6 is 0 Å². The lowest BCUT2D eigenvalue weighted by Gasteiger charge is -2.17. The molecule has 0 heterocycles. The molecule has 0 saturated heterocycles. The molecule has 0 aliphatic carbocycles. The third-order valence-corrected chi connectivity index (χ3v) is 3.00. The Kier molecular flexibility index (Phi) is 6.88. The van der Waals surface area contributed by atoms with E-state index in [1.54, 1.807) is 0 Å². The van der Waals surface area contributed by atoms with E-state index in [2.05, 4.69) is 19.2 Å². The predicted molar refractivity (Wildman–Crippen MR) is 71.6 cm³/mol. The van der Waals surface area contributed by atoms with Crippen LogP contribution in [0.1, 0.15) is 38.7 Å². The fraction of sp³-hybridized carbons (Fsp3) is 0.600. The van der Waals surface area contributed by atoms with Crippen LogP contribution in [-0.2, 0) is 6.42 Å². The molecule has 3 heteroatoms. The largest absolute Gasteiger partial charge is 0.316 e. The average molecular weight is 255 g/mol. The number of rotatable bonds is 8. The van der Waals surface area contributed by atoms with Crippen LogP contribution in [0.25, 0.3) is 0 Å². The van der Waals surface area contributed by atoms with E-state index in [9.17, 15) is 8.78 Å². The van der Waals surface area contributed by atoms with Gasteiger partial charge >= 0.3 is 0 Å². The van der Waals surface area contributed by atoms with Gasteiger partial charge in [-0.2, -0.15) is 0 Å². The van der Waals surface area contributed by atoms with Gasteiger partial charge in [0.1, 0.15) is 11.6 Å². The minimum atomic E-state index is -0.484. The van der Waals surface area contributed by atoms with Crippen molar-refractivity contribution in [3.63, 3.8) is 0 Å². The summed E-state index contributed by atoms with van der Waals surface area (Å²) in [5.41, 5.74) is 0.754. The summed E-state index contributed by atoms with van der Waals surface area (Å²) in [6.07, 6.45) is 4.01. The molecule has 0 aromatic heterocycles. The lowest BCUT2D eigenvalue weighted by molar-refractivity contribution is 0.437. The molecule has 102 valence electrons. The van der Waals surface area contributed by atoms with E-state index < -0.39 is 11.6 Å². The van der Waals surface area contributed by atoms with Crippen LogP contribution in [0.15, 0.2) is 18.2 Å². The molecule has 0 fully saturated rings. The van der Waals surface area contributed by atoms with Crippen LogP contribution in [0.4, 0.5) is 8.78 Å². The van der Waals surface area contributed by atoms with Gasteiger partial charge in [-0.15, -0.1) is 0 Å². The molecule has 0 spiro atoms. The van der Waals surface area contributed by atoms with Crippen LogP contribution in [0.5, 0.6) is 0 Å². The number of hydrogen-bond acceptors (Lipinski definition) is 1. The second-order valence-corrected chi connectivity index (χ2v) is 4.84. The van der Waals surface area contributed by atoms with Gasteiger partial charge in [-0.1, -0.05) is 20.3 Å². The smallest absolute Gasteiger partial charge is 0.126 e. The van der Waals surface area contributed by atoms with Crippen molar-refractivity contribution in [1.29, 1.82) is 0 Å². The van der Waals surface area contributed by atoms with Gasteiger partial charge in [0.05, 0.1) is 0 Å². The van der Waals surface area contributed by atoms with Crippen LogP contribution in [0.2, 0.25) is 0 Å². The molecule has 0 amide bonds. The maximum absolute atomic E-state index is 13.1. The van der Waals surface area contributed by atoms with Gasteiger partial charge in [0.25, 0.3) is 0 Å². The molecule has 1 N–H and O–H groups in total. The van der Waals surface area contributed by atoms with E-state index in [1.165, 1.54) is 12.1 Å². The first kappa shape index (κ1) is 15.1. The molecule has 1 atom stereocenters. The molecule has 0 aliphatic rings. The predicted octanol–water partition coefficient (Wildman–Crippen LogP) is 3.92. The second-order valence-electron chi connectivity index (χ2n) is 4.84. The van der Waals surface area contributed by atoms with E-state index in [1.807, 2.05) is 0 Å². The lowest BCUT2D eigenvalue weighted by Crippen LogP contribution is -2.25. The standard InChI is InChI=1S/C15H23F2N/c1-3-5-12(11-18-6-4-2)7-13-8-14(16)10-15(17)9-13/h8-10,12,18H,3-7,11H2,1-2H3. The van der Waals surface area contributed by atoms with Gasteiger partial charge in [0.15, 0.2) is 0 Å². The Balaban J connectivity index is 2.58. The first-order chi connectivity index (χ1) is 8.65. The van der Waals surface area contributed by atoms with Crippen LogP contribution in [-0.4, -0.2) is 13.1 Å². The molecule has 0 aliphatic heterocycles. The summed E-state index contributed by atoms with van der Waals surface area (Å²) in [4.78, 5) is 0. The number of halogens is 2. The second kappa shape index (κ2) is 8.20. The van der Waals surface area contributed by atoms with Crippen molar-refractivity contribution in [3.05, 3.63) is 35.4 Å². The maximum Gasteiger partial charge on any atom is 0.126 e. The van der Waals surface area contributed by atoms with E-state index in [0.29, 0.717) is 5.92 Å². The first-order valence-corrected chi connectivity index (χ1v) is 6.81. The van der Waals surface area contributed by atoms with E-state index in [0.717, 1.165) is 50.4 Å². The highest BCUT2D eigenvalue weighted by atomic mass is 19.1. The van der Waals surface area contributed by atoms with Crippen molar-refractivity contribution >= 4 is 0 Å². The average Bonchev–Trinajstić information content (AvgIpc) is 2.28. The molecule has 1 rings (SSSR count). The molecular weight excluding hydrogens is 232 g/mol. The van der Waals surface area contributed by atoms with Gasteiger partial charge in [-0.3, -0.25) is 0 Å². The molecule has 1 unspecified atom stereocenters. The quantitative estimate of drug-likeness (QED) is 0.694. The summed E-state index contributed by atoms with van der Waals surface area (Å²) in [6, 6.07) is 3.80. The summed E-state index contributed by atoms with van der Waals surface area (Å²) >= 11 is 0. The van der Waals surface area contributed by atoms with Gasteiger partial charge in [0, 0.05) is 6.07 Å². The third kappa shape index (κ3) is 5.58. The first-order valence-electron chi connectivity index (χ1n) is 6.81. The number of nitrogens with one attached hydrogen (secondary N) is 1. The Morgan fingerprint density at radius 1 is 1.06 bits per heavy atom. The van der Waals surface area contributed by atoms with Gasteiger partial charge in [0.2, 0.25) is 0 Å². The molecule has 18 heavy (non-hydrogen) atoms. The Bertz CT molecular complexity index is 332. The Morgan fingerprint density at radius 2 is 1.72 bits per heavy atom. The summed E-state index contributed by atoms with van der Waals surface area (Å²) in [5, 5.41) is 3.38. The fourth-order valence-electron chi connectivity index (χ4n) is 2.23. The highest BCUT2D eigenvalue weighted by molar-refractivity contribution is 5.18. The molecular formula is C15H23F2N. The monoisotopic (exact) mass is 255 g/mol. The summed E-state index contributed by atoms with van der Waals surface area (Å²) in [6.45, 7) is 6.18. The van der Waals surface area contributed by atoms with Crippen molar-refractivity contribution in [2.75, 3.05) is 13.1 Å². The third-order valence-electron chi connectivity index (χ3n) is 3.00. The Morgan fingerprint density at radius 3 is 2.28 bits per heavy atom. The summed E-state index contributed by atoms with van der Waals surface area (Å²) in [7, 11) is 0. The van der Waals surface area contributed by atoms with Crippen LogP contribution in [0, 0.1) is 17.6 Å². The van der Waals surface area contributed by atoms with Gasteiger partial charge in [-0.25, -0.2) is 8.78 Å². The van der Waals surface area contributed by atoms with E-state index >= 15 is 0 Å². The van der Waals surface area contributed by atoms with Crippen molar-refractivity contribution < 1.29 is 8.78 Å². The lowest BCUT2D eigenvalue weighted by atomic mass is 9.95. The number of benzene rings is 1. The maximum atomic E-state index is 13.1. The number of hydrogen-bond donors (Lipinski definition) is 1. The zero-order valence-electron chi connectivity index (χ0n) is 11.3. The summed E-state index contributed by atoms with van der Waals surface area (Å²) in [5.74, 6) is -0.522. The molecule has 1 nitrogen and oxygen atoms in total. The topological polar surface area (TPSA) is 12.0 Å². The SMILES string of the molecule is CCCNCC(CCC)Cc1cc(F)cc(F)c1. The normalized spacial score (nSPS) is 12.7. The molecule has 1 aromatic carbocycles. The minimum Gasteiger partial charge on any atom is -0.316 e. The van der Waals surface area contributed by atoms with E-state index in [-0.39, 0.29) is 0 Å².